The third-order valence-electron chi connectivity index (χ3n) is 2.09. The molecule has 0 spiro atoms. The van der Waals surface area contributed by atoms with E-state index in [0.717, 1.165) is 25.0 Å². The molecule has 0 aromatic rings. The summed E-state index contributed by atoms with van der Waals surface area (Å²) in [6, 6.07) is 0. The molecular formula is C12H25NO2S. The summed E-state index contributed by atoms with van der Waals surface area (Å²) in [5.74, 6) is 0. The van der Waals surface area contributed by atoms with Gasteiger partial charge in [0.25, 0.3) is 0 Å². The minimum absolute atomic E-state index is 0.323. The molecule has 0 aromatic heterocycles. The van der Waals surface area contributed by atoms with Crippen LogP contribution in [0.2, 0.25) is 0 Å². The highest BCUT2D eigenvalue weighted by atomic mass is 32.2. The van der Waals surface area contributed by atoms with Crippen LogP contribution < -0.4 is 0 Å². The van der Waals surface area contributed by atoms with Gasteiger partial charge in [-0.15, -0.1) is 0 Å². The first kappa shape index (κ1) is 15.9. The fraction of sp³-hybridized carbons (Fsp3) is 0.917. The highest BCUT2D eigenvalue weighted by molar-refractivity contribution is 7.91. The second kappa shape index (κ2) is 7.30. The van der Waals surface area contributed by atoms with E-state index >= 15 is 0 Å². The second-order valence-corrected chi connectivity index (χ2v) is 7.08. The molecule has 0 saturated heterocycles. The van der Waals surface area contributed by atoms with Crippen molar-refractivity contribution in [3.05, 3.63) is 0 Å². The third-order valence-corrected chi connectivity index (χ3v) is 3.56. The summed E-state index contributed by atoms with van der Waals surface area (Å²) in [7, 11) is 0. The molecule has 96 valence electrons. The lowest BCUT2D eigenvalue weighted by atomic mass is 10.1. The zero-order valence-electron chi connectivity index (χ0n) is 11.1. The topological polar surface area (TPSA) is 55.7 Å². The molecule has 3 nitrogen and oxygen atoms in total. The summed E-state index contributed by atoms with van der Waals surface area (Å²) in [4.78, 5) is 0. The molecule has 4 heteroatoms. The molecule has 0 aromatic carbocycles. The SMILES string of the molecule is CCCC/C(C[C@@H](C)O)=N/[S+]([O-])C(C)(C)C. The number of unbranched alkanes of at least 4 members (excludes halogenated alkanes) is 1. The Kier molecular flexibility index (Phi) is 7.27. The first-order valence-electron chi connectivity index (χ1n) is 5.93. The number of hydrogen-bond acceptors (Lipinski definition) is 3. The summed E-state index contributed by atoms with van der Waals surface area (Å²) in [5.41, 5.74) is 0.880. The molecule has 0 amide bonds. The smallest absolute Gasteiger partial charge is 0.144 e. The number of hydrogen-bond donors (Lipinski definition) is 1. The summed E-state index contributed by atoms with van der Waals surface area (Å²) < 4.78 is 15.8. The van der Waals surface area contributed by atoms with E-state index in [1.165, 1.54) is 0 Å². The van der Waals surface area contributed by atoms with Crippen LogP contribution in [-0.2, 0) is 11.4 Å². The number of nitrogens with zero attached hydrogens (tertiary/aromatic N) is 1. The molecule has 0 aliphatic carbocycles. The van der Waals surface area contributed by atoms with Gasteiger partial charge in [-0.2, -0.15) is 0 Å². The quantitative estimate of drug-likeness (QED) is 0.579. The Bertz CT molecular complexity index is 222. The van der Waals surface area contributed by atoms with Crippen molar-refractivity contribution in [2.45, 2.75) is 71.2 Å². The predicted molar refractivity (Wildman–Crippen MR) is 71.2 cm³/mol. The van der Waals surface area contributed by atoms with E-state index < -0.39 is 17.5 Å². The minimum atomic E-state index is -1.21. The van der Waals surface area contributed by atoms with Gasteiger partial charge in [0.2, 0.25) is 0 Å². The Hall–Kier alpha value is -0.0600. The van der Waals surface area contributed by atoms with Gasteiger partial charge in [0, 0.05) is 6.42 Å². The fourth-order valence-electron chi connectivity index (χ4n) is 1.16. The van der Waals surface area contributed by atoms with Gasteiger partial charge in [-0.25, -0.2) is 0 Å². The zero-order valence-corrected chi connectivity index (χ0v) is 11.9. The highest BCUT2D eigenvalue weighted by Crippen LogP contribution is 2.19. The van der Waals surface area contributed by atoms with Gasteiger partial charge in [-0.1, -0.05) is 17.7 Å². The van der Waals surface area contributed by atoms with Crippen LogP contribution in [-0.4, -0.2) is 26.2 Å². The minimum Gasteiger partial charge on any atom is -0.591 e. The lowest BCUT2D eigenvalue weighted by Crippen LogP contribution is -2.27. The van der Waals surface area contributed by atoms with Crippen LogP contribution in [0.5, 0.6) is 0 Å². The van der Waals surface area contributed by atoms with Crippen LogP contribution >= 0.6 is 0 Å². The van der Waals surface area contributed by atoms with E-state index in [1.54, 1.807) is 6.92 Å². The molecule has 0 saturated carbocycles. The summed E-state index contributed by atoms with van der Waals surface area (Å²) in [6.45, 7) is 9.58. The molecule has 0 aliphatic heterocycles. The molecule has 0 fully saturated rings. The maximum atomic E-state index is 11.9. The standard InChI is InChI=1S/C12H25NO2S/c1-6-7-8-11(9-10(2)14)13-16(15)12(3,4)5/h10,14H,6-9H2,1-5H3/b13-11-/t10-,16?/m1/s1. The summed E-state index contributed by atoms with van der Waals surface area (Å²) in [6.07, 6.45) is 3.08. The van der Waals surface area contributed by atoms with Crippen molar-refractivity contribution in [3.63, 3.8) is 0 Å². The summed E-state index contributed by atoms with van der Waals surface area (Å²) >= 11 is -1.21. The van der Waals surface area contributed by atoms with E-state index in [4.69, 9.17) is 0 Å². The van der Waals surface area contributed by atoms with Gasteiger partial charge < -0.3 is 9.66 Å². The highest BCUT2D eigenvalue weighted by Gasteiger charge is 2.27. The molecule has 0 bridgehead atoms. The Morgan fingerprint density at radius 3 is 2.38 bits per heavy atom. The van der Waals surface area contributed by atoms with Crippen molar-refractivity contribution in [2.75, 3.05) is 0 Å². The molecule has 1 N–H and O–H groups in total. The van der Waals surface area contributed by atoms with Crippen molar-refractivity contribution in [2.24, 2.45) is 4.40 Å². The van der Waals surface area contributed by atoms with Crippen molar-refractivity contribution >= 4 is 17.1 Å². The molecule has 2 atom stereocenters. The fourth-order valence-corrected chi connectivity index (χ4v) is 1.84. The number of aliphatic hydroxyl groups excluding tert-OH is 1. The van der Waals surface area contributed by atoms with Gasteiger partial charge >= 0.3 is 0 Å². The molecule has 0 radical (unpaired) electrons. The van der Waals surface area contributed by atoms with Crippen LogP contribution in [0.3, 0.4) is 0 Å². The van der Waals surface area contributed by atoms with Crippen molar-refractivity contribution in [1.82, 2.24) is 0 Å². The average Bonchev–Trinajstić information content (AvgIpc) is 2.11. The van der Waals surface area contributed by atoms with Gasteiger partial charge in [0.1, 0.15) is 16.1 Å². The van der Waals surface area contributed by atoms with Crippen LogP contribution in [0.4, 0.5) is 0 Å². The van der Waals surface area contributed by atoms with E-state index in [9.17, 15) is 9.66 Å². The number of aliphatic hydroxyl groups is 1. The van der Waals surface area contributed by atoms with Crippen LogP contribution in [0.1, 0.15) is 60.3 Å². The average molecular weight is 247 g/mol. The molecular weight excluding hydrogens is 222 g/mol. The van der Waals surface area contributed by atoms with E-state index in [2.05, 4.69) is 11.3 Å². The third kappa shape index (κ3) is 7.25. The zero-order chi connectivity index (χ0) is 12.8. The van der Waals surface area contributed by atoms with Crippen LogP contribution in [0, 0.1) is 0 Å². The molecule has 0 rings (SSSR count). The van der Waals surface area contributed by atoms with E-state index in [1.807, 2.05) is 20.8 Å². The molecule has 16 heavy (non-hydrogen) atoms. The van der Waals surface area contributed by atoms with Crippen LogP contribution in [0.25, 0.3) is 0 Å². The lowest BCUT2D eigenvalue weighted by Gasteiger charge is -2.19. The lowest BCUT2D eigenvalue weighted by molar-refractivity contribution is 0.202. The van der Waals surface area contributed by atoms with E-state index in [-0.39, 0.29) is 4.75 Å². The van der Waals surface area contributed by atoms with Crippen LogP contribution in [0.15, 0.2) is 4.40 Å². The summed E-state index contributed by atoms with van der Waals surface area (Å²) in [5, 5.41) is 9.36. The van der Waals surface area contributed by atoms with Gasteiger partial charge in [0.05, 0.1) is 11.8 Å². The first-order chi connectivity index (χ1) is 7.27. The molecule has 1 unspecified atom stereocenters. The van der Waals surface area contributed by atoms with Crippen molar-refractivity contribution in [3.8, 4) is 0 Å². The van der Waals surface area contributed by atoms with Gasteiger partial charge in [-0.05, 0) is 40.5 Å². The monoisotopic (exact) mass is 247 g/mol. The molecule has 0 aliphatic rings. The van der Waals surface area contributed by atoms with Crippen molar-refractivity contribution in [1.29, 1.82) is 0 Å². The predicted octanol–water partition coefficient (Wildman–Crippen LogP) is 2.85. The van der Waals surface area contributed by atoms with Gasteiger partial charge in [-0.3, -0.25) is 0 Å². The Labute approximate surface area is 103 Å². The number of rotatable bonds is 6. The Morgan fingerprint density at radius 2 is 2.00 bits per heavy atom. The maximum absolute atomic E-state index is 11.9. The maximum Gasteiger partial charge on any atom is 0.144 e. The largest absolute Gasteiger partial charge is 0.591 e. The van der Waals surface area contributed by atoms with E-state index in [0.29, 0.717) is 6.42 Å². The first-order valence-corrected chi connectivity index (χ1v) is 7.04. The van der Waals surface area contributed by atoms with Gasteiger partial charge in [0.15, 0.2) is 0 Å². The Balaban J connectivity index is 4.53. The van der Waals surface area contributed by atoms with Crippen molar-refractivity contribution < 1.29 is 9.66 Å². The normalized spacial score (nSPS) is 17.3. The second-order valence-electron chi connectivity index (χ2n) is 5.18. The molecule has 0 heterocycles. The Morgan fingerprint density at radius 1 is 1.44 bits per heavy atom.